The van der Waals surface area contributed by atoms with Crippen LogP contribution in [0.25, 0.3) is 9.40 Å². The molecule has 2 rings (SSSR count). The Hall–Kier alpha value is -0.340. The molecular formula is C12H20S2. The van der Waals surface area contributed by atoms with Gasteiger partial charge in [-0.05, 0) is 26.0 Å². The van der Waals surface area contributed by atoms with Crippen LogP contribution in [0.5, 0.6) is 0 Å². The highest BCUT2D eigenvalue weighted by atomic mass is 32.2. The first-order valence-electron chi connectivity index (χ1n) is 5.22. The highest BCUT2D eigenvalue weighted by Crippen LogP contribution is 2.32. The molecule has 0 bridgehead atoms. The first-order chi connectivity index (χ1) is 6.75. The molecule has 2 aromatic rings. The Morgan fingerprint density at radius 1 is 0.786 bits per heavy atom. The molecule has 2 heterocycles. The van der Waals surface area contributed by atoms with E-state index >= 15 is 0 Å². The summed E-state index contributed by atoms with van der Waals surface area (Å²) in [5.41, 5.74) is 0. The average molecular weight is 228 g/mol. The van der Waals surface area contributed by atoms with Gasteiger partial charge in [0.05, 0.1) is 4.01 Å². The van der Waals surface area contributed by atoms with E-state index in [-0.39, 0.29) is 0 Å². The van der Waals surface area contributed by atoms with Crippen LogP contribution in [0.2, 0.25) is 0 Å². The first kappa shape index (κ1) is 13.7. The number of fused-ring (bicyclic) bond motifs is 1. The summed E-state index contributed by atoms with van der Waals surface area (Å²) < 4.78 is 1.47. The zero-order valence-corrected chi connectivity index (χ0v) is 11.6. The van der Waals surface area contributed by atoms with E-state index in [0.717, 1.165) is 0 Å². The minimum atomic E-state index is 1.42. The van der Waals surface area contributed by atoms with Gasteiger partial charge in [-0.1, -0.05) is 27.7 Å². The van der Waals surface area contributed by atoms with Gasteiger partial charge in [0.1, 0.15) is 0 Å². The van der Waals surface area contributed by atoms with Gasteiger partial charge in [-0.3, -0.25) is 0 Å². The molecule has 0 saturated heterocycles. The SMILES string of the molecule is CC.CC.Cc1cc2cc(C)sc2s1. The largest absolute Gasteiger partial charge is 0.130 e. The fourth-order valence-corrected chi connectivity index (χ4v) is 3.47. The average Bonchev–Trinajstić information content (AvgIpc) is 2.67. The van der Waals surface area contributed by atoms with E-state index in [9.17, 15) is 0 Å². The first-order valence-corrected chi connectivity index (χ1v) is 6.85. The molecule has 0 aliphatic carbocycles. The lowest BCUT2D eigenvalue weighted by Gasteiger charge is -1.74. The number of thiophene rings is 2. The second-order valence-electron chi connectivity index (χ2n) is 2.46. The van der Waals surface area contributed by atoms with Crippen LogP contribution in [-0.4, -0.2) is 0 Å². The molecule has 0 nitrogen and oxygen atoms in total. The summed E-state index contributed by atoms with van der Waals surface area (Å²) in [6.45, 7) is 12.3. The van der Waals surface area contributed by atoms with E-state index in [1.54, 1.807) is 0 Å². The third-order valence-electron chi connectivity index (χ3n) is 1.46. The maximum Gasteiger partial charge on any atom is 0.0870 e. The molecule has 0 atom stereocenters. The van der Waals surface area contributed by atoms with Crippen LogP contribution in [0.15, 0.2) is 12.1 Å². The highest BCUT2D eigenvalue weighted by Gasteiger charge is 2.00. The zero-order valence-electron chi connectivity index (χ0n) is 9.97. The van der Waals surface area contributed by atoms with Crippen molar-refractivity contribution in [2.24, 2.45) is 0 Å². The second kappa shape index (κ2) is 7.02. The molecule has 0 amide bonds. The van der Waals surface area contributed by atoms with Crippen molar-refractivity contribution in [1.29, 1.82) is 0 Å². The summed E-state index contributed by atoms with van der Waals surface area (Å²) in [4.78, 5) is 2.84. The summed E-state index contributed by atoms with van der Waals surface area (Å²) >= 11 is 3.78. The van der Waals surface area contributed by atoms with Crippen LogP contribution >= 0.6 is 22.7 Å². The van der Waals surface area contributed by atoms with Crippen LogP contribution in [0.4, 0.5) is 0 Å². The Morgan fingerprint density at radius 3 is 1.43 bits per heavy atom. The van der Waals surface area contributed by atoms with Gasteiger partial charge in [0.25, 0.3) is 0 Å². The zero-order chi connectivity index (χ0) is 11.1. The summed E-state index contributed by atoms with van der Waals surface area (Å²) in [5, 5.41) is 1.42. The van der Waals surface area contributed by atoms with Crippen molar-refractivity contribution >= 4 is 32.1 Å². The maximum absolute atomic E-state index is 2.25. The Labute approximate surface area is 95.6 Å². The molecule has 0 fully saturated rings. The molecule has 2 aromatic heterocycles. The van der Waals surface area contributed by atoms with E-state index in [2.05, 4.69) is 26.0 Å². The van der Waals surface area contributed by atoms with Crippen molar-refractivity contribution in [2.45, 2.75) is 41.5 Å². The molecule has 0 aliphatic rings. The van der Waals surface area contributed by atoms with E-state index in [0.29, 0.717) is 0 Å². The predicted molar refractivity (Wildman–Crippen MR) is 71.9 cm³/mol. The van der Waals surface area contributed by atoms with Crippen molar-refractivity contribution in [3.8, 4) is 0 Å². The third kappa shape index (κ3) is 3.43. The Morgan fingerprint density at radius 2 is 1.14 bits per heavy atom. The summed E-state index contributed by atoms with van der Waals surface area (Å²) in [5.74, 6) is 0. The lowest BCUT2D eigenvalue weighted by Crippen LogP contribution is -1.51. The van der Waals surface area contributed by atoms with Gasteiger partial charge >= 0.3 is 0 Å². The molecule has 0 N–H and O–H groups in total. The quantitative estimate of drug-likeness (QED) is 0.548. The van der Waals surface area contributed by atoms with Gasteiger partial charge in [-0.25, -0.2) is 0 Å². The second-order valence-corrected chi connectivity index (χ2v) is 5.23. The molecular weight excluding hydrogens is 208 g/mol. The normalized spacial score (nSPS) is 8.71. The monoisotopic (exact) mass is 228 g/mol. The van der Waals surface area contributed by atoms with E-state index in [1.807, 2.05) is 50.4 Å². The van der Waals surface area contributed by atoms with E-state index < -0.39 is 0 Å². The van der Waals surface area contributed by atoms with Crippen molar-refractivity contribution in [3.05, 3.63) is 21.9 Å². The van der Waals surface area contributed by atoms with Gasteiger partial charge in [0.2, 0.25) is 0 Å². The van der Waals surface area contributed by atoms with Gasteiger partial charge < -0.3 is 0 Å². The van der Waals surface area contributed by atoms with Gasteiger partial charge in [0, 0.05) is 15.1 Å². The number of aryl methyl sites for hydroxylation is 2. The van der Waals surface area contributed by atoms with Crippen LogP contribution in [-0.2, 0) is 0 Å². The minimum absolute atomic E-state index is 1.42. The molecule has 0 unspecified atom stereocenters. The van der Waals surface area contributed by atoms with Crippen LogP contribution in [0.3, 0.4) is 0 Å². The van der Waals surface area contributed by atoms with Gasteiger partial charge in [0.15, 0.2) is 0 Å². The topological polar surface area (TPSA) is 0 Å². The molecule has 80 valence electrons. The molecule has 0 aromatic carbocycles. The standard InChI is InChI=1S/C8H8S2.2C2H6/c1-5-3-7-4-6(2)10-8(7)9-5;2*1-2/h3-4H,1-2H3;2*1-2H3. The van der Waals surface area contributed by atoms with Crippen molar-refractivity contribution in [3.63, 3.8) is 0 Å². The van der Waals surface area contributed by atoms with E-state index in [4.69, 9.17) is 0 Å². The smallest absolute Gasteiger partial charge is 0.0870 e. The van der Waals surface area contributed by atoms with Crippen LogP contribution < -0.4 is 0 Å². The fourth-order valence-electron chi connectivity index (χ4n) is 1.09. The Balaban J connectivity index is 0.000000379. The third-order valence-corrected chi connectivity index (χ3v) is 3.68. The van der Waals surface area contributed by atoms with Crippen molar-refractivity contribution in [2.75, 3.05) is 0 Å². The van der Waals surface area contributed by atoms with Crippen LogP contribution in [0, 0.1) is 13.8 Å². The summed E-state index contributed by atoms with van der Waals surface area (Å²) in [6, 6.07) is 4.51. The molecule has 0 radical (unpaired) electrons. The number of rotatable bonds is 0. The minimum Gasteiger partial charge on any atom is -0.130 e. The van der Waals surface area contributed by atoms with Crippen molar-refractivity contribution < 1.29 is 0 Å². The molecule has 0 saturated carbocycles. The predicted octanol–water partition coefficient (Wildman–Crippen LogP) is 5.63. The molecule has 0 aliphatic heterocycles. The molecule has 14 heavy (non-hydrogen) atoms. The lowest BCUT2D eigenvalue weighted by molar-refractivity contribution is 1.50. The lowest BCUT2D eigenvalue weighted by atomic mass is 10.3. The molecule has 0 spiro atoms. The fraction of sp³-hybridized carbons (Fsp3) is 0.500. The van der Waals surface area contributed by atoms with Gasteiger partial charge in [-0.2, -0.15) is 0 Å². The maximum atomic E-state index is 2.25. The highest BCUT2D eigenvalue weighted by molar-refractivity contribution is 7.38. The number of hydrogen-bond acceptors (Lipinski definition) is 2. The Kier molecular flexibility index (Phi) is 6.85. The van der Waals surface area contributed by atoms with Gasteiger partial charge in [-0.15, -0.1) is 22.7 Å². The summed E-state index contributed by atoms with van der Waals surface area (Å²) in [6.07, 6.45) is 0. The number of hydrogen-bond donors (Lipinski definition) is 0. The van der Waals surface area contributed by atoms with Crippen molar-refractivity contribution in [1.82, 2.24) is 0 Å². The summed E-state index contributed by atoms with van der Waals surface area (Å²) in [7, 11) is 0. The van der Waals surface area contributed by atoms with E-state index in [1.165, 1.54) is 19.2 Å². The molecule has 2 heteroatoms. The van der Waals surface area contributed by atoms with Crippen LogP contribution in [0.1, 0.15) is 37.4 Å². The Bertz CT molecular complexity index is 292.